The highest BCUT2D eigenvalue weighted by molar-refractivity contribution is 6.29. The van der Waals surface area contributed by atoms with Crippen LogP contribution in [0.3, 0.4) is 0 Å². The molecule has 2 N–H and O–H groups in total. The molecule has 2 amide bonds. The largest absolute Gasteiger partial charge is 0.270 e. The first-order valence-corrected chi connectivity index (χ1v) is 9.58. The Hall–Kier alpha value is -3.77. The Kier molecular flexibility index (Phi) is 5.41. The van der Waals surface area contributed by atoms with E-state index in [0.29, 0.717) is 22.2 Å². The number of amides is 2. The molecule has 30 heavy (non-hydrogen) atoms. The number of rotatable bonds is 3. The maximum Gasteiger partial charge on any atom is 0.270 e. The van der Waals surface area contributed by atoms with Gasteiger partial charge in [0.2, 0.25) is 0 Å². The summed E-state index contributed by atoms with van der Waals surface area (Å²) in [6.07, 6.45) is 1.42. The van der Waals surface area contributed by atoms with Crippen molar-refractivity contribution in [3.05, 3.63) is 94.8 Å². The number of hydrogen-bond acceptors (Lipinski definition) is 4. The number of fused-ring (bicyclic) bond motifs is 1. The zero-order valence-corrected chi connectivity index (χ0v) is 16.8. The van der Waals surface area contributed by atoms with Gasteiger partial charge in [-0.25, -0.2) is 9.97 Å². The number of carbonyl (C=O) groups excluding carboxylic acids is 2. The Morgan fingerprint density at radius 3 is 2.40 bits per heavy atom. The van der Waals surface area contributed by atoms with Gasteiger partial charge in [-0.05, 0) is 31.2 Å². The molecule has 0 spiro atoms. The Morgan fingerprint density at radius 2 is 1.63 bits per heavy atom. The number of hydrazine groups is 1. The molecular formula is C23H17ClN4O2. The van der Waals surface area contributed by atoms with Crippen molar-refractivity contribution in [2.24, 2.45) is 0 Å². The van der Waals surface area contributed by atoms with Crippen molar-refractivity contribution < 1.29 is 9.59 Å². The number of aryl methyl sites for hydroxylation is 1. The summed E-state index contributed by atoms with van der Waals surface area (Å²) in [5, 5.41) is 0.879. The molecule has 0 aliphatic carbocycles. The molecule has 0 radical (unpaired) electrons. The average Bonchev–Trinajstić information content (AvgIpc) is 2.77. The molecule has 0 fully saturated rings. The van der Waals surface area contributed by atoms with E-state index < -0.39 is 11.8 Å². The molecule has 0 atom stereocenters. The Bertz CT molecular complexity index is 1260. The van der Waals surface area contributed by atoms with Crippen molar-refractivity contribution in [3.63, 3.8) is 0 Å². The van der Waals surface area contributed by atoms with Gasteiger partial charge in [-0.2, -0.15) is 0 Å². The van der Waals surface area contributed by atoms with Crippen molar-refractivity contribution in [2.75, 3.05) is 0 Å². The standard InChI is InChI=1S/C23H17ClN4O2/c1-14-6-8-15(9-7-14)20-13-18(17-4-2-3-5-19(17)26-20)23(30)28-27-22(29)16-10-11-25-21(24)12-16/h2-13H,1H3,(H,27,29)(H,28,30). The number of aromatic nitrogens is 2. The Morgan fingerprint density at radius 1 is 0.900 bits per heavy atom. The number of nitrogens with zero attached hydrogens (tertiary/aromatic N) is 2. The highest BCUT2D eigenvalue weighted by atomic mass is 35.5. The van der Waals surface area contributed by atoms with E-state index in [4.69, 9.17) is 11.6 Å². The predicted octanol–water partition coefficient (Wildman–Crippen LogP) is 4.33. The van der Waals surface area contributed by atoms with Crippen LogP contribution in [0.15, 0.2) is 72.9 Å². The average molecular weight is 417 g/mol. The Balaban J connectivity index is 1.64. The monoisotopic (exact) mass is 416 g/mol. The molecule has 0 saturated heterocycles. The second-order valence-corrected chi connectivity index (χ2v) is 7.10. The smallest absolute Gasteiger partial charge is 0.267 e. The van der Waals surface area contributed by atoms with Crippen LogP contribution >= 0.6 is 11.6 Å². The fraction of sp³-hybridized carbons (Fsp3) is 0.0435. The molecule has 4 rings (SSSR count). The van der Waals surface area contributed by atoms with E-state index in [9.17, 15) is 9.59 Å². The minimum absolute atomic E-state index is 0.192. The van der Waals surface area contributed by atoms with Gasteiger partial charge in [0.1, 0.15) is 5.15 Å². The molecule has 0 aliphatic heterocycles. The summed E-state index contributed by atoms with van der Waals surface area (Å²) in [5.41, 5.74) is 8.97. The van der Waals surface area contributed by atoms with Gasteiger partial charge >= 0.3 is 0 Å². The lowest BCUT2D eigenvalue weighted by molar-refractivity contribution is 0.0847. The lowest BCUT2D eigenvalue weighted by atomic mass is 10.0. The zero-order chi connectivity index (χ0) is 21.1. The van der Waals surface area contributed by atoms with Gasteiger partial charge in [0, 0.05) is 22.7 Å². The predicted molar refractivity (Wildman–Crippen MR) is 116 cm³/mol. The molecule has 0 bridgehead atoms. The van der Waals surface area contributed by atoms with E-state index in [0.717, 1.165) is 11.1 Å². The maximum absolute atomic E-state index is 12.9. The number of pyridine rings is 2. The molecule has 148 valence electrons. The second-order valence-electron chi connectivity index (χ2n) is 6.71. The van der Waals surface area contributed by atoms with Crippen LogP contribution in [0.1, 0.15) is 26.3 Å². The third-order valence-electron chi connectivity index (χ3n) is 4.59. The van der Waals surface area contributed by atoms with Crippen LogP contribution in [-0.2, 0) is 0 Å². The molecule has 4 aromatic rings. The normalized spacial score (nSPS) is 10.6. The van der Waals surface area contributed by atoms with Crippen LogP contribution in [-0.4, -0.2) is 21.8 Å². The number of para-hydroxylation sites is 1. The lowest BCUT2D eigenvalue weighted by Gasteiger charge is -2.11. The fourth-order valence-corrected chi connectivity index (χ4v) is 3.21. The van der Waals surface area contributed by atoms with Crippen molar-refractivity contribution in [3.8, 4) is 11.3 Å². The lowest BCUT2D eigenvalue weighted by Crippen LogP contribution is -2.41. The van der Waals surface area contributed by atoms with E-state index in [1.165, 1.54) is 18.3 Å². The number of hydrogen-bond donors (Lipinski definition) is 2. The van der Waals surface area contributed by atoms with Crippen LogP contribution in [0, 0.1) is 6.92 Å². The summed E-state index contributed by atoms with van der Waals surface area (Å²) in [7, 11) is 0. The van der Waals surface area contributed by atoms with Crippen molar-refractivity contribution in [2.45, 2.75) is 6.92 Å². The molecular weight excluding hydrogens is 400 g/mol. The molecule has 2 aromatic carbocycles. The second kappa shape index (κ2) is 8.31. The summed E-state index contributed by atoms with van der Waals surface area (Å²) >= 11 is 5.81. The van der Waals surface area contributed by atoms with E-state index in [1.54, 1.807) is 6.07 Å². The molecule has 0 saturated carbocycles. The van der Waals surface area contributed by atoms with Crippen molar-refractivity contribution in [1.29, 1.82) is 0 Å². The van der Waals surface area contributed by atoms with Gasteiger partial charge in [0.15, 0.2) is 0 Å². The fourth-order valence-electron chi connectivity index (χ4n) is 3.03. The van der Waals surface area contributed by atoms with Crippen molar-refractivity contribution in [1.82, 2.24) is 20.8 Å². The summed E-state index contributed by atoms with van der Waals surface area (Å²) in [4.78, 5) is 33.7. The van der Waals surface area contributed by atoms with Crippen LogP contribution < -0.4 is 10.9 Å². The van der Waals surface area contributed by atoms with Crippen LogP contribution in [0.2, 0.25) is 5.15 Å². The van der Waals surface area contributed by atoms with Crippen LogP contribution in [0.25, 0.3) is 22.2 Å². The molecule has 0 aliphatic rings. The Labute approximate surface area is 177 Å². The minimum Gasteiger partial charge on any atom is -0.267 e. The van der Waals surface area contributed by atoms with Gasteiger partial charge in [0.25, 0.3) is 11.8 Å². The highest BCUT2D eigenvalue weighted by Crippen LogP contribution is 2.25. The summed E-state index contributed by atoms with van der Waals surface area (Å²) in [6.45, 7) is 2.01. The number of benzene rings is 2. The van der Waals surface area contributed by atoms with E-state index in [2.05, 4.69) is 20.8 Å². The summed E-state index contributed by atoms with van der Waals surface area (Å²) in [5.74, 6) is -0.944. The maximum atomic E-state index is 12.9. The van der Waals surface area contributed by atoms with E-state index in [-0.39, 0.29) is 10.7 Å². The van der Waals surface area contributed by atoms with Gasteiger partial charge in [-0.1, -0.05) is 59.6 Å². The molecule has 6 nitrogen and oxygen atoms in total. The number of nitrogens with one attached hydrogen (secondary N) is 2. The summed E-state index contributed by atoms with van der Waals surface area (Å²) in [6, 6.07) is 19.9. The number of halogens is 1. The van der Waals surface area contributed by atoms with Gasteiger partial charge in [0.05, 0.1) is 16.8 Å². The molecule has 2 heterocycles. The van der Waals surface area contributed by atoms with Crippen LogP contribution in [0.4, 0.5) is 0 Å². The van der Waals surface area contributed by atoms with Crippen LogP contribution in [0.5, 0.6) is 0 Å². The third kappa shape index (κ3) is 4.14. The zero-order valence-electron chi connectivity index (χ0n) is 16.0. The van der Waals surface area contributed by atoms with E-state index in [1.807, 2.05) is 55.5 Å². The number of carbonyl (C=O) groups is 2. The molecule has 0 unspecified atom stereocenters. The third-order valence-corrected chi connectivity index (χ3v) is 4.79. The van der Waals surface area contributed by atoms with Gasteiger partial charge in [-0.15, -0.1) is 0 Å². The molecule has 7 heteroatoms. The first-order chi connectivity index (χ1) is 14.5. The topological polar surface area (TPSA) is 84.0 Å². The van der Waals surface area contributed by atoms with E-state index >= 15 is 0 Å². The molecule has 2 aromatic heterocycles. The quantitative estimate of drug-likeness (QED) is 0.384. The van der Waals surface area contributed by atoms with Gasteiger partial charge in [-0.3, -0.25) is 20.4 Å². The van der Waals surface area contributed by atoms with Gasteiger partial charge < -0.3 is 0 Å². The first kappa shape index (κ1) is 19.5. The van der Waals surface area contributed by atoms with Crippen molar-refractivity contribution >= 4 is 34.3 Å². The minimum atomic E-state index is -0.496. The SMILES string of the molecule is Cc1ccc(-c2cc(C(=O)NNC(=O)c3ccnc(Cl)c3)c3ccccc3n2)cc1. The first-order valence-electron chi connectivity index (χ1n) is 9.20. The summed E-state index contributed by atoms with van der Waals surface area (Å²) < 4.78 is 0. The highest BCUT2D eigenvalue weighted by Gasteiger charge is 2.15.